The lowest BCUT2D eigenvalue weighted by molar-refractivity contribution is -0.207. The van der Waals surface area contributed by atoms with E-state index in [9.17, 15) is 41.0 Å². The first-order valence-corrected chi connectivity index (χ1v) is 12.5. The topological polar surface area (TPSA) is 133 Å². The quantitative estimate of drug-likeness (QED) is 0.291. The molecule has 0 spiro atoms. The maximum Gasteiger partial charge on any atom is 0.416 e. The predicted molar refractivity (Wildman–Crippen MR) is 133 cm³/mol. The summed E-state index contributed by atoms with van der Waals surface area (Å²) in [5.74, 6) is -1.35. The molecule has 11 nitrogen and oxygen atoms in total. The van der Waals surface area contributed by atoms with Gasteiger partial charge >= 0.3 is 18.0 Å². The lowest BCUT2D eigenvalue weighted by Crippen LogP contribution is -2.48. The molecular weight excluding hydrogens is 598 g/mol. The second-order valence-corrected chi connectivity index (χ2v) is 9.89. The van der Waals surface area contributed by atoms with E-state index in [4.69, 9.17) is 11.6 Å². The number of nitrogens with zero attached hydrogens (tertiary/aromatic N) is 7. The number of carbonyl (C=O) groups is 1. The fourth-order valence-corrected chi connectivity index (χ4v) is 4.18. The van der Waals surface area contributed by atoms with Crippen LogP contribution in [0.5, 0.6) is 0 Å². The molecule has 1 aliphatic carbocycles. The van der Waals surface area contributed by atoms with Gasteiger partial charge in [0.1, 0.15) is 18.4 Å². The number of amides is 1. The molecule has 0 bridgehead atoms. The highest BCUT2D eigenvalue weighted by Crippen LogP contribution is 2.49. The third kappa shape index (κ3) is 5.74. The fourth-order valence-electron chi connectivity index (χ4n) is 4.05. The highest BCUT2D eigenvalue weighted by atomic mass is 35.5. The summed E-state index contributed by atoms with van der Waals surface area (Å²) in [5.41, 5.74) is -3.48. The number of aliphatic hydroxyl groups excluding tert-OH is 1. The number of rotatable bonds is 8. The van der Waals surface area contributed by atoms with Crippen molar-refractivity contribution >= 4 is 17.5 Å². The van der Waals surface area contributed by atoms with Crippen molar-refractivity contribution in [1.82, 2.24) is 39.4 Å². The van der Waals surface area contributed by atoms with Gasteiger partial charge in [-0.1, -0.05) is 11.6 Å². The van der Waals surface area contributed by atoms with Gasteiger partial charge in [-0.15, -0.1) is 10.2 Å². The van der Waals surface area contributed by atoms with Crippen molar-refractivity contribution in [2.24, 2.45) is 0 Å². The van der Waals surface area contributed by atoms with Gasteiger partial charge in [0.2, 0.25) is 0 Å². The molecule has 0 radical (unpaired) electrons. The first-order chi connectivity index (χ1) is 19.7. The number of pyridine rings is 1. The van der Waals surface area contributed by atoms with Crippen molar-refractivity contribution in [1.29, 1.82) is 0 Å². The van der Waals surface area contributed by atoms with E-state index in [0.29, 0.717) is 9.59 Å². The van der Waals surface area contributed by atoms with E-state index in [1.54, 1.807) is 0 Å². The third-order valence-corrected chi connectivity index (χ3v) is 6.73. The SMILES string of the molecule is O=C(NC1(C(F)(F)F)CC1)c1ncccc1-n1cnc(Cn2nc(-c3ccc(Cl)cc3)n(C[C@@H](O)C(F)(F)F)c2=O)n1. The molecule has 0 aliphatic heterocycles. The molecule has 3 aromatic heterocycles. The van der Waals surface area contributed by atoms with Gasteiger partial charge in [-0.05, 0) is 49.2 Å². The number of carbonyl (C=O) groups excluding carboxylic acids is 1. The summed E-state index contributed by atoms with van der Waals surface area (Å²) < 4.78 is 81.8. The van der Waals surface area contributed by atoms with Crippen LogP contribution in [0.2, 0.25) is 5.02 Å². The lowest BCUT2D eigenvalue weighted by atomic mass is 10.2. The van der Waals surface area contributed by atoms with Gasteiger partial charge in [0.15, 0.2) is 23.4 Å². The summed E-state index contributed by atoms with van der Waals surface area (Å²) >= 11 is 5.88. The first-order valence-electron chi connectivity index (χ1n) is 12.1. The van der Waals surface area contributed by atoms with Crippen LogP contribution in [-0.4, -0.2) is 69.1 Å². The Morgan fingerprint density at radius 2 is 1.76 bits per heavy atom. The van der Waals surface area contributed by atoms with Crippen molar-refractivity contribution in [2.45, 2.75) is 49.9 Å². The molecule has 0 saturated heterocycles. The minimum atomic E-state index is -5.01. The van der Waals surface area contributed by atoms with E-state index in [0.717, 1.165) is 15.7 Å². The fraction of sp³-hybridized carbons (Fsp3) is 0.333. The molecule has 5 rings (SSSR count). The van der Waals surface area contributed by atoms with Gasteiger partial charge in [-0.3, -0.25) is 9.36 Å². The average molecular weight is 617 g/mol. The molecule has 1 atom stereocenters. The Labute approximate surface area is 236 Å². The molecule has 42 heavy (non-hydrogen) atoms. The standard InChI is InChI=1S/C24H19ClF6N8O3/c25-14-5-3-13(4-6-14)19-36-38(21(42)37(19)10-16(40)23(26,27)28)11-17-33-12-39(35-17)15-2-1-9-32-18(15)20(41)34-22(7-8-22)24(29,30)31/h1-6,9,12,16,40H,7-8,10-11H2,(H,34,41)/t16-/m1/s1. The van der Waals surface area contributed by atoms with Crippen LogP contribution in [0, 0.1) is 0 Å². The Hall–Kier alpha value is -4.25. The van der Waals surface area contributed by atoms with E-state index < -0.39 is 48.7 Å². The van der Waals surface area contributed by atoms with Crippen LogP contribution < -0.4 is 11.0 Å². The Bertz CT molecular complexity index is 1670. The van der Waals surface area contributed by atoms with Crippen molar-refractivity contribution in [3.63, 3.8) is 0 Å². The number of hydrogen-bond donors (Lipinski definition) is 2. The number of aromatic nitrogens is 7. The van der Waals surface area contributed by atoms with Crippen LogP contribution in [0.1, 0.15) is 29.2 Å². The molecule has 2 N–H and O–H groups in total. The smallest absolute Gasteiger partial charge is 0.382 e. The van der Waals surface area contributed by atoms with Gasteiger partial charge in [0, 0.05) is 16.8 Å². The molecule has 1 aliphatic rings. The van der Waals surface area contributed by atoms with Crippen molar-refractivity contribution in [2.75, 3.05) is 0 Å². The zero-order valence-electron chi connectivity index (χ0n) is 21.1. The van der Waals surface area contributed by atoms with E-state index in [-0.39, 0.29) is 41.4 Å². The Balaban J connectivity index is 1.44. The first kappa shape index (κ1) is 29.2. The number of hydrogen-bond acceptors (Lipinski definition) is 7. The van der Waals surface area contributed by atoms with Crippen molar-refractivity contribution in [3.05, 3.63) is 75.9 Å². The summed E-state index contributed by atoms with van der Waals surface area (Å²) in [6.07, 6.45) is -10.7. The van der Waals surface area contributed by atoms with E-state index in [1.807, 2.05) is 5.32 Å². The van der Waals surface area contributed by atoms with Crippen LogP contribution in [0.15, 0.2) is 53.7 Å². The van der Waals surface area contributed by atoms with Crippen LogP contribution in [0.4, 0.5) is 26.3 Å². The van der Waals surface area contributed by atoms with Crippen LogP contribution in [-0.2, 0) is 13.1 Å². The highest BCUT2D eigenvalue weighted by Gasteiger charge is 2.64. The van der Waals surface area contributed by atoms with Crippen LogP contribution in [0.3, 0.4) is 0 Å². The Morgan fingerprint density at radius 1 is 1.07 bits per heavy atom. The van der Waals surface area contributed by atoms with Gasteiger partial charge in [0.05, 0.1) is 12.2 Å². The van der Waals surface area contributed by atoms with Gasteiger partial charge < -0.3 is 10.4 Å². The van der Waals surface area contributed by atoms with Gasteiger partial charge in [0.25, 0.3) is 5.91 Å². The molecular formula is C24H19ClF6N8O3. The highest BCUT2D eigenvalue weighted by molar-refractivity contribution is 6.30. The van der Waals surface area contributed by atoms with Crippen LogP contribution >= 0.6 is 11.6 Å². The normalized spacial score (nSPS) is 15.4. The lowest BCUT2D eigenvalue weighted by Gasteiger charge is -2.20. The zero-order valence-corrected chi connectivity index (χ0v) is 21.8. The summed E-state index contributed by atoms with van der Waals surface area (Å²) in [6, 6.07) is 8.52. The number of alkyl halides is 6. The van der Waals surface area contributed by atoms with E-state index in [2.05, 4.69) is 20.2 Å². The summed E-state index contributed by atoms with van der Waals surface area (Å²) in [7, 11) is 0. The molecule has 1 saturated carbocycles. The summed E-state index contributed by atoms with van der Waals surface area (Å²) in [6.45, 7) is -1.59. The molecule has 3 heterocycles. The summed E-state index contributed by atoms with van der Waals surface area (Å²) in [5, 5.41) is 20.2. The largest absolute Gasteiger partial charge is 0.416 e. The second-order valence-electron chi connectivity index (χ2n) is 9.45. The summed E-state index contributed by atoms with van der Waals surface area (Å²) in [4.78, 5) is 33.7. The van der Waals surface area contributed by atoms with Gasteiger partial charge in [-0.2, -0.15) is 26.3 Å². The van der Waals surface area contributed by atoms with E-state index in [1.165, 1.54) is 42.6 Å². The van der Waals surface area contributed by atoms with Crippen molar-refractivity contribution < 1.29 is 36.2 Å². The Kier molecular flexibility index (Phi) is 7.34. The van der Waals surface area contributed by atoms with Gasteiger partial charge in [-0.25, -0.2) is 24.1 Å². The maximum absolute atomic E-state index is 13.3. The number of halogens is 7. The zero-order chi connectivity index (χ0) is 30.4. The number of aliphatic hydroxyl groups is 1. The van der Waals surface area contributed by atoms with E-state index >= 15 is 0 Å². The molecule has 18 heteroatoms. The van der Waals surface area contributed by atoms with Crippen molar-refractivity contribution in [3.8, 4) is 17.1 Å². The molecule has 1 fully saturated rings. The minimum absolute atomic E-state index is 0.0141. The molecule has 0 unspecified atom stereocenters. The number of nitrogens with one attached hydrogen (secondary N) is 1. The molecule has 222 valence electrons. The Morgan fingerprint density at radius 3 is 2.38 bits per heavy atom. The minimum Gasteiger partial charge on any atom is -0.382 e. The van der Waals surface area contributed by atoms with Crippen LogP contribution in [0.25, 0.3) is 17.1 Å². The number of benzene rings is 1. The second kappa shape index (κ2) is 10.5. The third-order valence-electron chi connectivity index (χ3n) is 6.48. The average Bonchev–Trinajstić information content (AvgIpc) is 3.48. The molecule has 1 aromatic carbocycles. The molecule has 1 amide bonds. The maximum atomic E-state index is 13.3. The molecule has 4 aromatic rings. The predicted octanol–water partition coefficient (Wildman–Crippen LogP) is 3.14. The monoisotopic (exact) mass is 616 g/mol.